The third kappa shape index (κ3) is 3.37. The number of nitrogens with zero attached hydrogens (tertiary/aromatic N) is 3. The van der Waals surface area contributed by atoms with Crippen molar-refractivity contribution in [3.8, 4) is 0 Å². The second-order valence-electron chi connectivity index (χ2n) is 3.94. The number of halogens is 2. The summed E-state index contributed by atoms with van der Waals surface area (Å²) in [7, 11) is 1.77. The van der Waals surface area contributed by atoms with Gasteiger partial charge < -0.3 is 5.32 Å². The van der Waals surface area contributed by atoms with Gasteiger partial charge >= 0.3 is 0 Å². The van der Waals surface area contributed by atoms with E-state index in [2.05, 4.69) is 31.3 Å². The van der Waals surface area contributed by atoms with E-state index in [1.165, 1.54) is 12.1 Å². The van der Waals surface area contributed by atoms with E-state index in [4.69, 9.17) is 0 Å². The van der Waals surface area contributed by atoms with Crippen LogP contribution in [-0.4, -0.2) is 27.2 Å². The first-order valence-electron chi connectivity index (χ1n) is 5.64. The van der Waals surface area contributed by atoms with Crippen LogP contribution in [0, 0.1) is 5.82 Å². The van der Waals surface area contributed by atoms with E-state index >= 15 is 0 Å². The molecule has 0 atom stereocenters. The highest BCUT2D eigenvalue weighted by molar-refractivity contribution is 9.10. The number of aryl methyl sites for hydroxylation is 1. The lowest BCUT2D eigenvalue weighted by molar-refractivity contribution is 0.0949. The largest absolute Gasteiger partial charge is 0.351 e. The Bertz CT molecular complexity index is 579. The van der Waals surface area contributed by atoms with Gasteiger partial charge in [0.15, 0.2) is 5.82 Å². The van der Waals surface area contributed by atoms with Crippen molar-refractivity contribution in [2.45, 2.75) is 6.42 Å². The summed E-state index contributed by atoms with van der Waals surface area (Å²) in [6.07, 6.45) is 2.09. The number of aromatic nitrogens is 3. The summed E-state index contributed by atoms with van der Waals surface area (Å²) in [5.41, 5.74) is 0.0106. The Hall–Kier alpha value is -1.76. The fourth-order valence-corrected chi connectivity index (χ4v) is 2.11. The highest BCUT2D eigenvalue weighted by Gasteiger charge is 2.14. The first kappa shape index (κ1) is 13.7. The minimum absolute atomic E-state index is 0.0106. The Labute approximate surface area is 118 Å². The van der Waals surface area contributed by atoms with Crippen LogP contribution >= 0.6 is 15.9 Å². The van der Waals surface area contributed by atoms with E-state index < -0.39 is 11.7 Å². The zero-order valence-corrected chi connectivity index (χ0v) is 11.8. The number of benzene rings is 1. The van der Waals surface area contributed by atoms with E-state index in [0.29, 0.717) is 23.3 Å². The van der Waals surface area contributed by atoms with Crippen LogP contribution in [0.3, 0.4) is 0 Å². The van der Waals surface area contributed by atoms with Crippen molar-refractivity contribution in [1.29, 1.82) is 0 Å². The average molecular weight is 327 g/mol. The van der Waals surface area contributed by atoms with Crippen LogP contribution in [0.4, 0.5) is 4.39 Å². The molecule has 2 rings (SSSR count). The number of carbonyl (C=O) groups excluding carboxylic acids is 1. The van der Waals surface area contributed by atoms with Crippen LogP contribution in [0.15, 0.2) is 29.0 Å². The Morgan fingerprint density at radius 1 is 1.53 bits per heavy atom. The summed E-state index contributed by atoms with van der Waals surface area (Å²) in [4.78, 5) is 15.9. The first-order valence-corrected chi connectivity index (χ1v) is 6.44. The van der Waals surface area contributed by atoms with Crippen molar-refractivity contribution in [3.05, 3.63) is 46.2 Å². The molecule has 0 unspecified atom stereocenters. The summed E-state index contributed by atoms with van der Waals surface area (Å²) in [5, 5.41) is 6.73. The third-order valence-electron chi connectivity index (χ3n) is 2.47. The van der Waals surface area contributed by atoms with Gasteiger partial charge in [0.2, 0.25) is 0 Å². The van der Waals surface area contributed by atoms with E-state index in [1.807, 2.05) is 0 Å². The molecule has 7 heteroatoms. The van der Waals surface area contributed by atoms with Crippen LogP contribution < -0.4 is 5.32 Å². The molecular weight excluding hydrogens is 315 g/mol. The number of carbonyl (C=O) groups is 1. The zero-order chi connectivity index (χ0) is 13.8. The Kier molecular flexibility index (Phi) is 4.26. The number of hydrogen-bond acceptors (Lipinski definition) is 3. The highest BCUT2D eigenvalue weighted by Crippen LogP contribution is 2.19. The maximum Gasteiger partial charge on any atom is 0.255 e. The molecule has 1 aromatic heterocycles. The van der Waals surface area contributed by atoms with Gasteiger partial charge in [-0.05, 0) is 28.1 Å². The van der Waals surface area contributed by atoms with Gasteiger partial charge in [-0.3, -0.25) is 9.48 Å². The van der Waals surface area contributed by atoms with Crippen LogP contribution in [0.25, 0.3) is 0 Å². The van der Waals surface area contributed by atoms with Crippen LogP contribution in [-0.2, 0) is 13.5 Å². The quantitative estimate of drug-likeness (QED) is 0.930. The number of rotatable bonds is 4. The molecule has 2 aromatic rings. The van der Waals surface area contributed by atoms with E-state index in [9.17, 15) is 9.18 Å². The maximum absolute atomic E-state index is 13.5. The molecule has 0 radical (unpaired) electrons. The summed E-state index contributed by atoms with van der Waals surface area (Å²) in [5.74, 6) is -0.376. The molecule has 0 bridgehead atoms. The standard InChI is InChI=1S/C12H12BrFN4O/c1-18-7-16-10(17-18)5-6-15-12(19)11-8(13)3-2-4-9(11)14/h2-4,7H,5-6H2,1H3,(H,15,19). The molecule has 0 saturated heterocycles. The molecule has 1 N–H and O–H groups in total. The maximum atomic E-state index is 13.5. The Balaban J connectivity index is 1.94. The van der Waals surface area contributed by atoms with Crippen molar-refractivity contribution >= 4 is 21.8 Å². The molecule has 1 heterocycles. The molecule has 1 aromatic carbocycles. The molecule has 0 saturated carbocycles. The lowest BCUT2D eigenvalue weighted by Crippen LogP contribution is -2.27. The third-order valence-corrected chi connectivity index (χ3v) is 3.13. The minimum Gasteiger partial charge on any atom is -0.351 e. The van der Waals surface area contributed by atoms with Gasteiger partial charge in [-0.25, -0.2) is 9.37 Å². The van der Waals surface area contributed by atoms with Crippen molar-refractivity contribution in [2.24, 2.45) is 7.05 Å². The first-order chi connectivity index (χ1) is 9.08. The topological polar surface area (TPSA) is 59.8 Å². The fourth-order valence-electron chi connectivity index (χ4n) is 1.59. The van der Waals surface area contributed by atoms with Gasteiger partial charge in [0.05, 0.1) is 5.56 Å². The molecule has 0 aliphatic heterocycles. The molecule has 100 valence electrons. The van der Waals surface area contributed by atoms with Crippen LogP contribution in [0.2, 0.25) is 0 Å². The highest BCUT2D eigenvalue weighted by atomic mass is 79.9. The minimum atomic E-state index is -0.553. The average Bonchev–Trinajstić information content (AvgIpc) is 2.75. The van der Waals surface area contributed by atoms with Crippen LogP contribution in [0.5, 0.6) is 0 Å². The Morgan fingerprint density at radius 3 is 2.95 bits per heavy atom. The summed E-state index contributed by atoms with van der Waals surface area (Å²) < 4.78 is 15.6. The summed E-state index contributed by atoms with van der Waals surface area (Å²) in [6.45, 7) is 0.351. The van der Waals surface area contributed by atoms with Gasteiger partial charge in [0, 0.05) is 24.5 Å². The van der Waals surface area contributed by atoms with Gasteiger partial charge in [-0.2, -0.15) is 5.10 Å². The van der Waals surface area contributed by atoms with Gasteiger partial charge in [0.1, 0.15) is 12.1 Å². The smallest absolute Gasteiger partial charge is 0.255 e. The summed E-state index contributed by atoms with van der Waals surface area (Å²) >= 11 is 3.16. The monoisotopic (exact) mass is 326 g/mol. The van der Waals surface area contributed by atoms with Crippen molar-refractivity contribution in [2.75, 3.05) is 6.54 Å². The Morgan fingerprint density at radius 2 is 2.32 bits per heavy atom. The predicted molar refractivity (Wildman–Crippen MR) is 71.1 cm³/mol. The summed E-state index contributed by atoms with van der Waals surface area (Å²) in [6, 6.07) is 4.41. The van der Waals surface area contributed by atoms with E-state index in [1.54, 1.807) is 24.1 Å². The molecule has 19 heavy (non-hydrogen) atoms. The zero-order valence-electron chi connectivity index (χ0n) is 10.2. The number of hydrogen-bond donors (Lipinski definition) is 1. The lowest BCUT2D eigenvalue weighted by atomic mass is 10.2. The van der Waals surface area contributed by atoms with Crippen molar-refractivity contribution in [1.82, 2.24) is 20.1 Å². The fraction of sp³-hybridized carbons (Fsp3) is 0.250. The molecule has 0 fully saturated rings. The molecule has 0 aliphatic rings. The second kappa shape index (κ2) is 5.92. The molecule has 5 nitrogen and oxygen atoms in total. The van der Waals surface area contributed by atoms with Gasteiger partial charge in [-0.1, -0.05) is 6.07 Å². The SMILES string of the molecule is Cn1cnc(CCNC(=O)c2c(F)cccc2Br)n1. The van der Waals surface area contributed by atoms with Crippen molar-refractivity contribution < 1.29 is 9.18 Å². The van der Waals surface area contributed by atoms with Crippen molar-refractivity contribution in [3.63, 3.8) is 0 Å². The molecule has 1 amide bonds. The van der Waals surface area contributed by atoms with E-state index in [0.717, 1.165) is 0 Å². The van der Waals surface area contributed by atoms with Gasteiger partial charge in [-0.15, -0.1) is 0 Å². The molecule has 0 aliphatic carbocycles. The molecular formula is C12H12BrFN4O. The normalized spacial score (nSPS) is 10.5. The number of amides is 1. The van der Waals surface area contributed by atoms with E-state index in [-0.39, 0.29) is 5.56 Å². The second-order valence-corrected chi connectivity index (χ2v) is 4.79. The number of nitrogens with one attached hydrogen (secondary N) is 1. The lowest BCUT2D eigenvalue weighted by Gasteiger charge is -2.06. The molecule has 0 spiro atoms. The predicted octanol–water partition coefficient (Wildman–Crippen LogP) is 1.69. The van der Waals surface area contributed by atoms with Crippen LogP contribution in [0.1, 0.15) is 16.2 Å². The van der Waals surface area contributed by atoms with Gasteiger partial charge in [0.25, 0.3) is 5.91 Å².